The van der Waals surface area contributed by atoms with Gasteiger partial charge in [-0.2, -0.15) is 0 Å². The number of anilines is 1. The molecule has 1 saturated carbocycles. The van der Waals surface area contributed by atoms with Crippen LogP contribution in [-0.4, -0.2) is 27.5 Å². The first-order valence-electron chi connectivity index (χ1n) is 8.45. The molecule has 3 rings (SSSR count). The van der Waals surface area contributed by atoms with Crippen molar-refractivity contribution in [3.8, 4) is 5.75 Å². The second-order valence-corrected chi connectivity index (χ2v) is 9.13. The van der Waals surface area contributed by atoms with E-state index < -0.39 is 10.0 Å². The molecule has 1 aliphatic carbocycles. The molecular formula is C18H22N2O4S2. The van der Waals surface area contributed by atoms with Gasteiger partial charge in [0.2, 0.25) is 10.0 Å². The van der Waals surface area contributed by atoms with Crippen molar-refractivity contribution < 1.29 is 17.9 Å². The van der Waals surface area contributed by atoms with Gasteiger partial charge in [-0.3, -0.25) is 4.79 Å². The number of aryl methyl sites for hydroxylation is 2. The highest BCUT2D eigenvalue weighted by Gasteiger charge is 2.28. The normalized spacial score (nSPS) is 14.3. The molecule has 0 saturated heterocycles. The lowest BCUT2D eigenvalue weighted by molar-refractivity contribution is 0.103. The minimum absolute atomic E-state index is 0.0155. The number of benzene rings is 1. The molecule has 1 aromatic carbocycles. The van der Waals surface area contributed by atoms with Gasteiger partial charge >= 0.3 is 0 Å². The van der Waals surface area contributed by atoms with Gasteiger partial charge in [0.05, 0.1) is 22.6 Å². The number of thiophene rings is 1. The number of nitrogens with one attached hydrogen (secondary N) is 2. The van der Waals surface area contributed by atoms with Crippen molar-refractivity contribution in [3.63, 3.8) is 0 Å². The fourth-order valence-electron chi connectivity index (χ4n) is 2.61. The number of carbonyl (C=O) groups excluding carboxylic acids is 1. The van der Waals surface area contributed by atoms with E-state index in [-0.39, 0.29) is 16.8 Å². The molecule has 0 bridgehead atoms. The summed E-state index contributed by atoms with van der Waals surface area (Å²) < 4.78 is 32.7. The molecule has 0 spiro atoms. The van der Waals surface area contributed by atoms with Gasteiger partial charge < -0.3 is 10.1 Å². The summed E-state index contributed by atoms with van der Waals surface area (Å²) in [5, 5.41) is 2.78. The Balaban J connectivity index is 1.87. The Morgan fingerprint density at radius 3 is 2.62 bits per heavy atom. The Morgan fingerprint density at radius 1 is 1.31 bits per heavy atom. The van der Waals surface area contributed by atoms with E-state index in [9.17, 15) is 13.2 Å². The van der Waals surface area contributed by atoms with E-state index >= 15 is 0 Å². The summed E-state index contributed by atoms with van der Waals surface area (Å²) >= 11 is 1.44. The van der Waals surface area contributed by atoms with Gasteiger partial charge in [-0.1, -0.05) is 6.92 Å². The van der Waals surface area contributed by atoms with Crippen LogP contribution in [0, 0.1) is 6.92 Å². The molecule has 0 radical (unpaired) electrons. The largest absolute Gasteiger partial charge is 0.495 e. The van der Waals surface area contributed by atoms with Crippen LogP contribution in [0.2, 0.25) is 0 Å². The van der Waals surface area contributed by atoms with Crippen LogP contribution < -0.4 is 14.8 Å². The minimum Gasteiger partial charge on any atom is -0.495 e. The van der Waals surface area contributed by atoms with Crippen LogP contribution in [0.5, 0.6) is 5.75 Å². The predicted molar refractivity (Wildman–Crippen MR) is 103 cm³/mol. The van der Waals surface area contributed by atoms with Crippen LogP contribution >= 0.6 is 11.3 Å². The lowest BCUT2D eigenvalue weighted by Gasteiger charge is -2.12. The molecule has 0 aliphatic heterocycles. The maximum absolute atomic E-state index is 12.6. The van der Waals surface area contributed by atoms with Crippen molar-refractivity contribution in [2.75, 3.05) is 12.4 Å². The number of sulfonamides is 1. The van der Waals surface area contributed by atoms with Crippen LogP contribution in [0.15, 0.2) is 29.2 Å². The third-order valence-electron chi connectivity index (χ3n) is 4.19. The first-order chi connectivity index (χ1) is 12.3. The fraction of sp³-hybridized carbons (Fsp3) is 0.389. The van der Waals surface area contributed by atoms with Crippen LogP contribution in [0.25, 0.3) is 0 Å². The SMILES string of the molecule is CCc1sc(C(=O)Nc2cc(S(=O)(=O)NC3CC3)ccc2OC)cc1C. The molecule has 1 aromatic heterocycles. The number of rotatable bonds is 7. The molecule has 6 nitrogen and oxygen atoms in total. The molecule has 2 aromatic rings. The maximum atomic E-state index is 12.6. The average Bonchev–Trinajstić information content (AvgIpc) is 3.32. The summed E-state index contributed by atoms with van der Waals surface area (Å²) in [4.78, 5) is 14.4. The molecule has 1 amide bonds. The minimum atomic E-state index is -3.61. The van der Waals surface area contributed by atoms with E-state index in [0.717, 1.165) is 29.7 Å². The monoisotopic (exact) mass is 394 g/mol. The van der Waals surface area contributed by atoms with E-state index in [4.69, 9.17) is 4.74 Å². The van der Waals surface area contributed by atoms with Crippen molar-refractivity contribution in [1.29, 1.82) is 0 Å². The van der Waals surface area contributed by atoms with Crippen molar-refractivity contribution >= 4 is 33.0 Å². The smallest absolute Gasteiger partial charge is 0.265 e. The molecule has 8 heteroatoms. The summed E-state index contributed by atoms with van der Waals surface area (Å²) in [6, 6.07) is 6.32. The number of hydrogen-bond donors (Lipinski definition) is 2. The van der Waals surface area contributed by atoms with Gasteiger partial charge in [-0.15, -0.1) is 11.3 Å². The average molecular weight is 395 g/mol. The zero-order chi connectivity index (χ0) is 18.9. The Morgan fingerprint density at radius 2 is 2.04 bits per heavy atom. The summed E-state index contributed by atoms with van der Waals surface area (Å²) in [5.41, 5.74) is 1.42. The van der Waals surface area contributed by atoms with Gasteiger partial charge in [0, 0.05) is 10.9 Å². The number of ether oxygens (including phenoxy) is 1. The van der Waals surface area contributed by atoms with Gasteiger partial charge in [-0.05, 0) is 56.0 Å². The topological polar surface area (TPSA) is 84.5 Å². The van der Waals surface area contributed by atoms with E-state index in [2.05, 4.69) is 10.0 Å². The van der Waals surface area contributed by atoms with Gasteiger partial charge in [0.25, 0.3) is 5.91 Å². The van der Waals surface area contributed by atoms with Crippen molar-refractivity contribution in [3.05, 3.63) is 39.6 Å². The number of hydrogen-bond acceptors (Lipinski definition) is 5. The van der Waals surface area contributed by atoms with Gasteiger partial charge in [-0.25, -0.2) is 13.1 Å². The second kappa shape index (κ2) is 7.38. The number of amides is 1. The first kappa shape index (κ1) is 18.9. The lowest BCUT2D eigenvalue weighted by atomic mass is 10.2. The van der Waals surface area contributed by atoms with Gasteiger partial charge in [0.15, 0.2) is 0 Å². The molecule has 0 unspecified atom stereocenters. The lowest BCUT2D eigenvalue weighted by Crippen LogP contribution is -2.25. The predicted octanol–water partition coefficient (Wildman–Crippen LogP) is 3.32. The fourth-order valence-corrected chi connectivity index (χ4v) is 4.95. The molecule has 26 heavy (non-hydrogen) atoms. The summed E-state index contributed by atoms with van der Waals surface area (Å²) in [6.45, 7) is 4.02. The summed E-state index contributed by atoms with van der Waals surface area (Å²) in [6.07, 6.45) is 2.58. The third-order valence-corrected chi connectivity index (χ3v) is 7.09. The van der Waals surface area contributed by atoms with E-state index in [1.165, 1.54) is 30.6 Å². The Labute approximate surface area is 157 Å². The molecule has 1 aliphatic rings. The van der Waals surface area contributed by atoms with Gasteiger partial charge in [0.1, 0.15) is 5.75 Å². The molecule has 1 fully saturated rings. The standard InChI is InChI=1S/C18H22N2O4S2/c1-4-16-11(2)9-17(25-16)18(21)19-14-10-13(7-8-15(14)24-3)26(22,23)20-12-5-6-12/h7-10,12,20H,4-6H2,1-3H3,(H,19,21). The number of methoxy groups -OCH3 is 1. The highest BCUT2D eigenvalue weighted by Crippen LogP contribution is 2.30. The zero-order valence-electron chi connectivity index (χ0n) is 15.0. The van der Waals surface area contributed by atoms with Crippen LogP contribution in [0.1, 0.15) is 39.9 Å². The Kier molecular flexibility index (Phi) is 5.36. The van der Waals surface area contributed by atoms with E-state index in [0.29, 0.717) is 16.3 Å². The van der Waals surface area contributed by atoms with Crippen LogP contribution in [0.3, 0.4) is 0 Å². The van der Waals surface area contributed by atoms with Crippen LogP contribution in [-0.2, 0) is 16.4 Å². The van der Waals surface area contributed by atoms with Crippen molar-refractivity contribution in [2.45, 2.75) is 44.0 Å². The van der Waals surface area contributed by atoms with Crippen LogP contribution in [0.4, 0.5) is 5.69 Å². The molecule has 0 atom stereocenters. The quantitative estimate of drug-likeness (QED) is 0.754. The Hall–Kier alpha value is -1.90. The molecule has 140 valence electrons. The summed E-state index contributed by atoms with van der Waals surface area (Å²) in [5.74, 6) is 0.133. The maximum Gasteiger partial charge on any atom is 0.265 e. The number of carbonyl (C=O) groups is 1. The Bertz CT molecular complexity index is 931. The highest BCUT2D eigenvalue weighted by molar-refractivity contribution is 7.89. The summed E-state index contributed by atoms with van der Waals surface area (Å²) in [7, 11) is -2.13. The molecule has 2 N–H and O–H groups in total. The first-order valence-corrected chi connectivity index (χ1v) is 10.7. The highest BCUT2D eigenvalue weighted by atomic mass is 32.2. The van der Waals surface area contributed by atoms with E-state index in [1.807, 2.05) is 19.9 Å². The van der Waals surface area contributed by atoms with Crippen molar-refractivity contribution in [2.24, 2.45) is 0 Å². The second-order valence-electron chi connectivity index (χ2n) is 6.28. The zero-order valence-corrected chi connectivity index (χ0v) is 16.6. The van der Waals surface area contributed by atoms with E-state index in [1.54, 1.807) is 6.07 Å². The van der Waals surface area contributed by atoms with Crippen molar-refractivity contribution in [1.82, 2.24) is 4.72 Å². The molecular weight excluding hydrogens is 372 g/mol. The molecule has 1 heterocycles. The third kappa shape index (κ3) is 4.08.